The van der Waals surface area contributed by atoms with E-state index in [4.69, 9.17) is 5.73 Å². The third-order valence-corrected chi connectivity index (χ3v) is 3.53. The van der Waals surface area contributed by atoms with E-state index in [-0.39, 0.29) is 5.91 Å². The van der Waals surface area contributed by atoms with Crippen molar-refractivity contribution in [3.63, 3.8) is 0 Å². The molecule has 112 valence electrons. The molecule has 0 aliphatic carbocycles. The van der Waals surface area contributed by atoms with Crippen LogP contribution < -0.4 is 11.1 Å². The van der Waals surface area contributed by atoms with Gasteiger partial charge in [-0.2, -0.15) is 5.10 Å². The van der Waals surface area contributed by atoms with Gasteiger partial charge in [0.25, 0.3) is 0 Å². The summed E-state index contributed by atoms with van der Waals surface area (Å²) in [7, 11) is 1.89. The number of nitrogens with one attached hydrogen (secondary N) is 1. The van der Waals surface area contributed by atoms with Crippen molar-refractivity contribution < 1.29 is 4.79 Å². The average Bonchev–Trinajstić information content (AvgIpc) is 2.91. The maximum Gasteiger partial charge on any atom is 0.236 e. The molecule has 0 radical (unpaired) electrons. The molecule has 0 aliphatic heterocycles. The van der Waals surface area contributed by atoms with E-state index in [9.17, 15) is 4.79 Å². The molecule has 0 bridgehead atoms. The maximum absolute atomic E-state index is 11.9. The molecule has 2 aromatic rings. The van der Waals surface area contributed by atoms with Crippen LogP contribution in [0, 0.1) is 0 Å². The van der Waals surface area contributed by atoms with Crippen LogP contribution in [0.25, 0.3) is 0 Å². The Labute approximate surface area is 125 Å². The Morgan fingerprint density at radius 2 is 2.05 bits per heavy atom. The number of benzene rings is 1. The van der Waals surface area contributed by atoms with Crippen molar-refractivity contribution in [3.8, 4) is 0 Å². The van der Waals surface area contributed by atoms with Gasteiger partial charge in [0.15, 0.2) is 0 Å². The van der Waals surface area contributed by atoms with E-state index < -0.39 is 6.04 Å². The highest BCUT2D eigenvalue weighted by Gasteiger charge is 2.12. The van der Waals surface area contributed by atoms with Gasteiger partial charge < -0.3 is 11.1 Å². The molecule has 1 amide bonds. The highest BCUT2D eigenvalue weighted by molar-refractivity contribution is 5.81. The zero-order valence-electron chi connectivity index (χ0n) is 12.3. The molecule has 5 nitrogen and oxygen atoms in total. The van der Waals surface area contributed by atoms with Gasteiger partial charge in [0, 0.05) is 31.9 Å². The van der Waals surface area contributed by atoms with Gasteiger partial charge in [0.2, 0.25) is 5.91 Å². The monoisotopic (exact) mass is 286 g/mol. The summed E-state index contributed by atoms with van der Waals surface area (Å²) in [6.07, 6.45) is 3.98. The third-order valence-electron chi connectivity index (χ3n) is 3.53. The molecule has 1 aromatic heterocycles. The molecule has 5 heteroatoms. The highest BCUT2D eigenvalue weighted by Crippen LogP contribution is 2.04. The summed E-state index contributed by atoms with van der Waals surface area (Å²) in [4.78, 5) is 11.9. The molecule has 0 saturated heterocycles. The lowest BCUT2D eigenvalue weighted by Gasteiger charge is -2.12. The maximum atomic E-state index is 11.9. The van der Waals surface area contributed by atoms with Gasteiger partial charge in [-0.3, -0.25) is 9.48 Å². The fourth-order valence-electron chi connectivity index (χ4n) is 2.19. The van der Waals surface area contributed by atoms with Gasteiger partial charge in [-0.05, 0) is 24.5 Å². The average molecular weight is 286 g/mol. The lowest BCUT2D eigenvalue weighted by Crippen LogP contribution is -2.41. The molecule has 3 N–H and O–H groups in total. The number of hydrogen-bond acceptors (Lipinski definition) is 3. The summed E-state index contributed by atoms with van der Waals surface area (Å²) in [5.41, 5.74) is 8.22. The zero-order chi connectivity index (χ0) is 15.1. The first-order valence-electron chi connectivity index (χ1n) is 7.21. The lowest BCUT2D eigenvalue weighted by molar-refractivity contribution is -0.122. The predicted octanol–water partition coefficient (Wildman–Crippen LogP) is 1.04. The van der Waals surface area contributed by atoms with Crippen LogP contribution in [0.4, 0.5) is 0 Å². The summed E-state index contributed by atoms with van der Waals surface area (Å²) >= 11 is 0. The summed E-state index contributed by atoms with van der Waals surface area (Å²) in [5, 5.41) is 6.97. The standard InChI is InChI=1S/C16H22N4O/c1-20-14(10-12-19-20)9-11-18-16(21)15(17)8-7-13-5-3-2-4-6-13/h2-6,10,12,15H,7-9,11,17H2,1H3,(H,18,21)/t15-/m0/s1. The number of nitrogens with two attached hydrogens (primary N) is 1. The van der Waals surface area contributed by atoms with Crippen LogP contribution in [-0.2, 0) is 24.7 Å². The van der Waals surface area contributed by atoms with Crippen molar-refractivity contribution >= 4 is 5.91 Å². The molecule has 0 fully saturated rings. The van der Waals surface area contributed by atoms with E-state index in [0.717, 1.165) is 18.5 Å². The van der Waals surface area contributed by atoms with Crippen LogP contribution in [0.2, 0.25) is 0 Å². The first-order chi connectivity index (χ1) is 10.2. The summed E-state index contributed by atoms with van der Waals surface area (Å²) < 4.78 is 1.81. The van der Waals surface area contributed by atoms with Crippen LogP contribution in [0.5, 0.6) is 0 Å². The third kappa shape index (κ3) is 4.72. The topological polar surface area (TPSA) is 72.9 Å². The summed E-state index contributed by atoms with van der Waals surface area (Å²) in [6, 6.07) is 11.6. The molecule has 2 rings (SSSR count). The molecule has 1 aromatic carbocycles. The number of carbonyl (C=O) groups excluding carboxylic acids is 1. The van der Waals surface area contributed by atoms with E-state index in [2.05, 4.69) is 10.4 Å². The molecule has 0 saturated carbocycles. The van der Waals surface area contributed by atoms with E-state index in [1.807, 2.05) is 48.1 Å². The Kier molecular flexibility index (Phi) is 5.51. The number of carbonyl (C=O) groups is 1. The second-order valence-electron chi connectivity index (χ2n) is 5.12. The molecule has 0 aliphatic rings. The largest absolute Gasteiger partial charge is 0.354 e. The molecule has 1 heterocycles. The Morgan fingerprint density at radius 1 is 1.29 bits per heavy atom. The van der Waals surface area contributed by atoms with Crippen molar-refractivity contribution in [2.75, 3.05) is 6.54 Å². The molecule has 1 atom stereocenters. The van der Waals surface area contributed by atoms with Crippen molar-refractivity contribution in [1.29, 1.82) is 0 Å². The van der Waals surface area contributed by atoms with E-state index in [1.165, 1.54) is 5.56 Å². The SMILES string of the molecule is Cn1nccc1CCNC(=O)[C@@H](N)CCc1ccccc1. The Morgan fingerprint density at radius 3 is 2.71 bits per heavy atom. The first kappa shape index (κ1) is 15.3. The van der Waals surface area contributed by atoms with Crippen molar-refractivity contribution in [2.24, 2.45) is 12.8 Å². The van der Waals surface area contributed by atoms with Crippen molar-refractivity contribution in [3.05, 3.63) is 53.9 Å². The summed E-state index contributed by atoms with van der Waals surface area (Å²) in [6.45, 7) is 0.581. The number of nitrogens with zero attached hydrogens (tertiary/aromatic N) is 2. The Hall–Kier alpha value is -2.14. The van der Waals surface area contributed by atoms with Gasteiger partial charge in [0.1, 0.15) is 0 Å². The van der Waals surface area contributed by atoms with Gasteiger partial charge >= 0.3 is 0 Å². The predicted molar refractivity (Wildman–Crippen MR) is 82.7 cm³/mol. The van der Waals surface area contributed by atoms with Gasteiger partial charge in [-0.1, -0.05) is 30.3 Å². The smallest absolute Gasteiger partial charge is 0.236 e. The van der Waals surface area contributed by atoms with E-state index >= 15 is 0 Å². The first-order valence-corrected chi connectivity index (χ1v) is 7.21. The van der Waals surface area contributed by atoms with Gasteiger partial charge in [-0.15, -0.1) is 0 Å². The Balaban J connectivity index is 1.69. The summed E-state index contributed by atoms with van der Waals surface area (Å²) in [5.74, 6) is -0.0897. The fraction of sp³-hybridized carbons (Fsp3) is 0.375. The second-order valence-corrected chi connectivity index (χ2v) is 5.12. The van der Waals surface area contributed by atoms with Crippen LogP contribution in [0.3, 0.4) is 0 Å². The molecular weight excluding hydrogens is 264 g/mol. The fourth-order valence-corrected chi connectivity index (χ4v) is 2.19. The Bertz CT molecular complexity index is 565. The lowest BCUT2D eigenvalue weighted by atomic mass is 10.1. The quantitative estimate of drug-likeness (QED) is 0.798. The number of aryl methyl sites for hydroxylation is 2. The minimum absolute atomic E-state index is 0.0897. The molecular formula is C16H22N4O. The number of aromatic nitrogens is 2. The minimum atomic E-state index is -0.461. The van der Waals surface area contributed by atoms with E-state index in [1.54, 1.807) is 6.20 Å². The normalized spacial score (nSPS) is 12.1. The number of rotatable bonds is 7. The zero-order valence-corrected chi connectivity index (χ0v) is 12.3. The molecule has 0 unspecified atom stereocenters. The number of amides is 1. The van der Waals surface area contributed by atoms with Gasteiger partial charge in [-0.25, -0.2) is 0 Å². The number of hydrogen-bond donors (Lipinski definition) is 2. The van der Waals surface area contributed by atoms with E-state index in [0.29, 0.717) is 13.0 Å². The minimum Gasteiger partial charge on any atom is -0.354 e. The van der Waals surface area contributed by atoms with Crippen molar-refractivity contribution in [2.45, 2.75) is 25.3 Å². The van der Waals surface area contributed by atoms with Gasteiger partial charge in [0.05, 0.1) is 6.04 Å². The molecule has 21 heavy (non-hydrogen) atoms. The highest BCUT2D eigenvalue weighted by atomic mass is 16.2. The second kappa shape index (κ2) is 7.59. The van der Waals surface area contributed by atoms with Crippen molar-refractivity contribution in [1.82, 2.24) is 15.1 Å². The van der Waals surface area contributed by atoms with Crippen LogP contribution in [0.15, 0.2) is 42.6 Å². The molecule has 0 spiro atoms. The van der Waals surface area contributed by atoms with Crippen LogP contribution in [-0.4, -0.2) is 28.3 Å². The van der Waals surface area contributed by atoms with Crippen LogP contribution in [0.1, 0.15) is 17.7 Å². The van der Waals surface area contributed by atoms with Crippen LogP contribution >= 0.6 is 0 Å².